The van der Waals surface area contributed by atoms with Crippen LogP contribution in [0, 0.1) is 0 Å². The molecule has 0 unspecified atom stereocenters. The van der Waals surface area contributed by atoms with E-state index in [9.17, 15) is 9.59 Å². The minimum atomic E-state index is -0.283. The summed E-state index contributed by atoms with van der Waals surface area (Å²) in [6, 6.07) is 8.99. The van der Waals surface area contributed by atoms with Gasteiger partial charge in [0.15, 0.2) is 0 Å². The molecule has 120 valence electrons. The fourth-order valence-electron chi connectivity index (χ4n) is 1.88. The van der Waals surface area contributed by atoms with Crippen molar-refractivity contribution in [3.05, 3.63) is 47.5 Å². The summed E-state index contributed by atoms with van der Waals surface area (Å²) in [5, 5.41) is 0. The monoisotopic (exact) mass is 304 g/mol. The second-order valence-corrected chi connectivity index (χ2v) is 5.14. The summed E-state index contributed by atoms with van der Waals surface area (Å²) >= 11 is 0. The van der Waals surface area contributed by atoms with Crippen molar-refractivity contribution in [2.24, 2.45) is 0 Å². The van der Waals surface area contributed by atoms with Crippen LogP contribution in [0.3, 0.4) is 0 Å². The van der Waals surface area contributed by atoms with E-state index in [1.165, 1.54) is 12.5 Å². The van der Waals surface area contributed by atoms with Crippen LogP contribution in [0.4, 0.5) is 0 Å². The summed E-state index contributed by atoms with van der Waals surface area (Å²) in [6.45, 7) is 4.32. The third-order valence-corrected chi connectivity index (χ3v) is 3.14. The van der Waals surface area contributed by atoms with Crippen molar-refractivity contribution in [1.82, 2.24) is 0 Å². The molecule has 0 bridgehead atoms. The molecule has 0 saturated carbocycles. The van der Waals surface area contributed by atoms with E-state index in [-0.39, 0.29) is 11.9 Å². The van der Waals surface area contributed by atoms with Gasteiger partial charge in [0.05, 0.1) is 18.8 Å². The number of benzene rings is 1. The lowest BCUT2D eigenvalue weighted by Gasteiger charge is -2.05. The molecule has 1 aromatic rings. The molecular weight excluding hydrogens is 280 g/mol. The third-order valence-electron chi connectivity index (χ3n) is 3.14. The zero-order valence-electron chi connectivity index (χ0n) is 13.3. The molecule has 0 spiro atoms. The number of allylic oxidation sites excluding steroid dienone is 1. The summed E-state index contributed by atoms with van der Waals surface area (Å²) < 4.78 is 10.1. The number of unbranched alkanes of at least 4 members (excludes halogenated alkanes) is 2. The van der Waals surface area contributed by atoms with Gasteiger partial charge in [-0.15, -0.1) is 0 Å². The molecule has 1 rings (SSSR count). The van der Waals surface area contributed by atoms with Crippen LogP contribution in [0.1, 0.15) is 49.9 Å². The Labute approximate surface area is 132 Å². The standard InChI is InChI=1S/C18H24O4/c1-15(9-5-4-8-13-21-16(2)19)12-14-22-18(20)17-10-6-3-7-11-17/h3,6-7,9-11H,4-5,8,12-14H2,1-2H3/b15-9+. The van der Waals surface area contributed by atoms with Gasteiger partial charge >= 0.3 is 11.9 Å². The van der Waals surface area contributed by atoms with E-state index in [0.717, 1.165) is 25.7 Å². The number of carbonyl (C=O) groups excluding carboxylic acids is 2. The Morgan fingerprint density at radius 3 is 2.41 bits per heavy atom. The molecule has 4 heteroatoms. The fraction of sp³-hybridized carbons (Fsp3) is 0.444. The second kappa shape index (κ2) is 10.6. The van der Waals surface area contributed by atoms with Crippen molar-refractivity contribution in [2.75, 3.05) is 13.2 Å². The Balaban J connectivity index is 2.12. The van der Waals surface area contributed by atoms with Crippen LogP contribution in [-0.2, 0) is 14.3 Å². The number of rotatable bonds is 9. The molecule has 0 aromatic heterocycles. The molecule has 22 heavy (non-hydrogen) atoms. The largest absolute Gasteiger partial charge is 0.466 e. The maximum Gasteiger partial charge on any atom is 0.338 e. The van der Waals surface area contributed by atoms with Gasteiger partial charge in [-0.25, -0.2) is 4.79 Å². The van der Waals surface area contributed by atoms with Crippen LogP contribution in [0.15, 0.2) is 42.0 Å². The van der Waals surface area contributed by atoms with Crippen LogP contribution in [-0.4, -0.2) is 25.2 Å². The predicted octanol–water partition coefficient (Wildman–Crippen LogP) is 3.91. The Hall–Kier alpha value is -2.10. The average molecular weight is 304 g/mol. The van der Waals surface area contributed by atoms with Gasteiger partial charge in [-0.3, -0.25) is 4.79 Å². The Morgan fingerprint density at radius 2 is 1.73 bits per heavy atom. The highest BCUT2D eigenvalue weighted by molar-refractivity contribution is 5.89. The highest BCUT2D eigenvalue weighted by Gasteiger charge is 2.05. The van der Waals surface area contributed by atoms with Crippen molar-refractivity contribution in [1.29, 1.82) is 0 Å². The molecule has 0 amide bonds. The van der Waals surface area contributed by atoms with Gasteiger partial charge in [-0.05, 0) is 38.3 Å². The molecule has 0 N–H and O–H groups in total. The SMILES string of the molecule is CC(=O)OCCCC/C=C(\C)CCOC(=O)c1ccccc1. The molecule has 0 fully saturated rings. The van der Waals surface area contributed by atoms with E-state index in [1.807, 2.05) is 25.1 Å². The van der Waals surface area contributed by atoms with Gasteiger partial charge in [0.2, 0.25) is 0 Å². The number of carbonyl (C=O) groups is 2. The Kier molecular flexibility index (Phi) is 8.65. The van der Waals surface area contributed by atoms with Crippen LogP contribution in [0.25, 0.3) is 0 Å². The second-order valence-electron chi connectivity index (χ2n) is 5.14. The first kappa shape index (κ1) is 18.0. The number of ether oxygens (including phenoxy) is 2. The van der Waals surface area contributed by atoms with Crippen molar-refractivity contribution < 1.29 is 19.1 Å². The molecule has 0 heterocycles. The topological polar surface area (TPSA) is 52.6 Å². The van der Waals surface area contributed by atoms with E-state index in [0.29, 0.717) is 18.8 Å². The maximum atomic E-state index is 11.7. The normalized spacial score (nSPS) is 11.1. The zero-order chi connectivity index (χ0) is 16.2. The number of hydrogen-bond acceptors (Lipinski definition) is 4. The quantitative estimate of drug-likeness (QED) is 0.394. The van der Waals surface area contributed by atoms with Crippen LogP contribution < -0.4 is 0 Å². The van der Waals surface area contributed by atoms with E-state index in [4.69, 9.17) is 9.47 Å². The van der Waals surface area contributed by atoms with Gasteiger partial charge < -0.3 is 9.47 Å². The van der Waals surface area contributed by atoms with Gasteiger partial charge in [0.25, 0.3) is 0 Å². The van der Waals surface area contributed by atoms with E-state index in [1.54, 1.807) is 12.1 Å². The summed E-state index contributed by atoms with van der Waals surface area (Å²) in [6.07, 6.45) is 5.67. The smallest absolute Gasteiger partial charge is 0.338 e. The summed E-state index contributed by atoms with van der Waals surface area (Å²) in [7, 11) is 0. The summed E-state index contributed by atoms with van der Waals surface area (Å²) in [4.78, 5) is 22.3. The fourth-order valence-corrected chi connectivity index (χ4v) is 1.88. The van der Waals surface area contributed by atoms with Crippen molar-refractivity contribution in [3.8, 4) is 0 Å². The zero-order valence-corrected chi connectivity index (χ0v) is 13.3. The molecule has 1 aromatic carbocycles. The molecule has 0 aliphatic rings. The van der Waals surface area contributed by atoms with Gasteiger partial charge in [-0.2, -0.15) is 0 Å². The Bertz CT molecular complexity index is 491. The minimum Gasteiger partial charge on any atom is -0.466 e. The molecule has 0 radical (unpaired) electrons. The van der Waals surface area contributed by atoms with Crippen LogP contribution in [0.5, 0.6) is 0 Å². The first-order chi connectivity index (χ1) is 10.6. The van der Waals surface area contributed by atoms with Gasteiger partial charge in [-0.1, -0.05) is 29.8 Å². The molecule has 0 aliphatic heterocycles. The Morgan fingerprint density at radius 1 is 1.00 bits per heavy atom. The summed E-state index contributed by atoms with van der Waals surface area (Å²) in [5.41, 5.74) is 1.78. The first-order valence-electron chi connectivity index (χ1n) is 7.61. The van der Waals surface area contributed by atoms with Crippen molar-refractivity contribution in [3.63, 3.8) is 0 Å². The first-order valence-corrected chi connectivity index (χ1v) is 7.61. The predicted molar refractivity (Wildman–Crippen MR) is 85.6 cm³/mol. The van der Waals surface area contributed by atoms with E-state index >= 15 is 0 Å². The molecule has 0 atom stereocenters. The average Bonchev–Trinajstić information content (AvgIpc) is 2.51. The van der Waals surface area contributed by atoms with E-state index < -0.39 is 0 Å². The molecule has 0 saturated heterocycles. The maximum absolute atomic E-state index is 11.7. The van der Waals surface area contributed by atoms with E-state index in [2.05, 4.69) is 6.08 Å². The van der Waals surface area contributed by atoms with Crippen LogP contribution in [0.2, 0.25) is 0 Å². The van der Waals surface area contributed by atoms with Crippen molar-refractivity contribution >= 4 is 11.9 Å². The molecular formula is C18H24O4. The highest BCUT2D eigenvalue weighted by atomic mass is 16.5. The summed E-state index contributed by atoms with van der Waals surface area (Å²) in [5.74, 6) is -0.512. The lowest BCUT2D eigenvalue weighted by Crippen LogP contribution is -2.06. The minimum absolute atomic E-state index is 0.230. The lowest BCUT2D eigenvalue weighted by atomic mass is 10.1. The molecule has 0 aliphatic carbocycles. The third kappa shape index (κ3) is 8.25. The van der Waals surface area contributed by atoms with Gasteiger partial charge in [0, 0.05) is 13.3 Å². The number of hydrogen-bond donors (Lipinski definition) is 0. The lowest BCUT2D eigenvalue weighted by molar-refractivity contribution is -0.141. The van der Waals surface area contributed by atoms with Crippen LogP contribution >= 0.6 is 0 Å². The van der Waals surface area contributed by atoms with Gasteiger partial charge in [0.1, 0.15) is 0 Å². The highest BCUT2D eigenvalue weighted by Crippen LogP contribution is 2.07. The number of esters is 2. The molecule has 4 nitrogen and oxygen atoms in total. The van der Waals surface area contributed by atoms with Crippen molar-refractivity contribution in [2.45, 2.75) is 39.5 Å².